The number of carboxylic acids is 2. The maximum absolute atomic E-state index is 10.9. The Balaban J connectivity index is -0.000000129. The molecule has 1 aromatic carbocycles. The van der Waals surface area contributed by atoms with Gasteiger partial charge in [0.2, 0.25) is 11.8 Å². The normalized spacial score (nSPS) is 10.0. The van der Waals surface area contributed by atoms with Crippen molar-refractivity contribution in [3.63, 3.8) is 0 Å². The Bertz CT molecular complexity index is 3310. The second-order valence-electron chi connectivity index (χ2n) is 20.8. The smallest absolute Gasteiger partial charge is 0.469 e. The molecule has 0 aliphatic heterocycles. The number of phosphoric acid groups is 3. The van der Waals surface area contributed by atoms with Crippen LogP contribution in [0.3, 0.4) is 0 Å². The Labute approximate surface area is 653 Å². The third kappa shape index (κ3) is 119. The Kier molecular flexibility index (Phi) is 84.5. The first-order valence-corrected chi connectivity index (χ1v) is 37.9. The molecule has 1 aromatic rings. The molecule has 1 unspecified atom stereocenters. The molecule has 1 rings (SSSR count). The molecule has 0 heterocycles. The SMILES string of the molecule is C=C(C)C(=O)OCC(C)OP(=O)(O)O.C=C(C)C(=O)OCCOC(=O)CCC(=O)O.C=C(C)C(=O)OCCOP(=O)(O)O.C=C(C)C(=O)OCCOP(=O)(O)O.C=CC(=O)CC(C)C.C=CC(=O)N(C)C.C=CC(=O)OCCC(=O)O.C=CC(=O)OCCN(CC)CC.C=CC(N)=O.C=CS(=O)(=O)O.C=Cc1ccccc1. The molecule has 1 atom stereocenters. The van der Waals surface area contributed by atoms with Crippen molar-refractivity contribution in [1.29, 1.82) is 0 Å². The second kappa shape index (κ2) is 76.8. The zero-order chi connectivity index (χ0) is 90.0. The number of carboxylic acid groups (broad SMARTS) is 2. The molecule has 0 aliphatic rings. The van der Waals surface area contributed by atoms with Gasteiger partial charge >= 0.3 is 77.2 Å². The highest BCUT2D eigenvalue weighted by atomic mass is 32.2. The summed E-state index contributed by atoms with van der Waals surface area (Å²) in [5.74, 6) is -5.97. The summed E-state index contributed by atoms with van der Waals surface area (Å²) in [5, 5.41) is 16.8. The van der Waals surface area contributed by atoms with Crippen molar-refractivity contribution >= 4 is 111 Å². The largest absolute Gasteiger partial charge is 0.481 e. The molecule has 39 nitrogen and oxygen atoms in total. The van der Waals surface area contributed by atoms with E-state index in [2.05, 4.69) is 139 Å². The van der Waals surface area contributed by atoms with Gasteiger partial charge in [-0.1, -0.05) is 136 Å². The number of hydrogen-bond donors (Lipinski definition) is 10. The number of esters is 7. The first-order valence-electron chi connectivity index (χ1n) is 31.9. The Hall–Kier alpha value is -9.60. The summed E-state index contributed by atoms with van der Waals surface area (Å²) in [7, 11) is -14.0. The predicted octanol–water partition coefficient (Wildman–Crippen LogP) is 6.85. The molecule has 112 heavy (non-hydrogen) atoms. The molecule has 0 spiro atoms. The summed E-state index contributed by atoms with van der Waals surface area (Å²) in [6, 6.07) is 10.0. The number of benzene rings is 1. The number of nitrogens with zero attached hydrogens (tertiary/aromatic N) is 2. The van der Waals surface area contributed by atoms with E-state index in [4.69, 9.17) is 48.9 Å². The van der Waals surface area contributed by atoms with Gasteiger partial charge < -0.3 is 88.3 Å². The second-order valence-corrected chi connectivity index (χ2v) is 25.9. The average molecular weight is 1680 g/mol. The maximum Gasteiger partial charge on any atom is 0.469 e. The number of nitrogens with two attached hydrogens (primary N) is 1. The summed E-state index contributed by atoms with van der Waals surface area (Å²) in [6.45, 7) is 53.1. The van der Waals surface area contributed by atoms with Crippen LogP contribution in [0.5, 0.6) is 0 Å². The molecule has 0 bridgehead atoms. The molecule has 640 valence electrons. The van der Waals surface area contributed by atoms with Crippen LogP contribution in [0.15, 0.2) is 161 Å². The van der Waals surface area contributed by atoms with Crippen molar-refractivity contribution in [2.45, 2.75) is 94.1 Å². The standard InChI is InChI=1S/C10H14O6.C9H17NO2.C8H8.C7H13O6P.C7H12O.2C6H11O6P.C6H8O4.C5H9NO.C3H5NO.C2H4O3S/c1-7(2)10(14)16-6-5-15-9(13)4-3-8(11)12;1-4-9(11)12-8-7-10(5-2)6-3;1-2-8-6-4-3-5-7-8;1-5(2)7(8)12-4-6(3)13-14(9,10)11;1-4-7(8)5-6(2)3;2*1-5(2)6(7)11-3-4-12-13(8,9)10;1-2-6(9)10-4-3-5(7)8;1-4-5(7)6(2)3;1-2-3(4)5;1-2-6(3,4)5/h1,3-6H2,2H3,(H,11,12);4H,1,5-8H2,2-3H3;2-7H,1H2;6H,1,4H2,2-3H3,(H2,9,10,11);4,6H,1,5H2,2-3H3;2*1,3-4H2,2H3,(H2,8,9,10);2H,1,3-4H2,(H,7,8);4H,1H2,2-3H3;2H,1H2,(H2,4,5);2H,1H2,(H,3,4,5). The maximum atomic E-state index is 10.9. The van der Waals surface area contributed by atoms with Gasteiger partial charge in [0.1, 0.15) is 52.4 Å². The van der Waals surface area contributed by atoms with Crippen LogP contribution < -0.4 is 5.73 Å². The highest BCUT2D eigenvalue weighted by molar-refractivity contribution is 7.88. The van der Waals surface area contributed by atoms with Crippen molar-refractivity contribution in [2.24, 2.45) is 11.7 Å². The minimum absolute atomic E-state index is 0.0556. The van der Waals surface area contributed by atoms with E-state index >= 15 is 0 Å². The van der Waals surface area contributed by atoms with E-state index in [9.17, 15) is 79.6 Å². The molecule has 0 saturated carbocycles. The lowest BCUT2D eigenvalue weighted by atomic mass is 10.1. The number of primary amides is 1. The van der Waals surface area contributed by atoms with Crippen LogP contribution in [0.4, 0.5) is 0 Å². The number of carbonyl (C=O) groups is 12. The Morgan fingerprint density at radius 1 is 0.509 bits per heavy atom. The topological polar surface area (TPSA) is 597 Å². The van der Waals surface area contributed by atoms with E-state index in [1.807, 2.05) is 50.3 Å². The van der Waals surface area contributed by atoms with E-state index in [-0.39, 0.29) is 112 Å². The molecular weight excluding hydrogens is 1570 g/mol. The average Bonchev–Trinajstić information content (AvgIpc) is 0.935. The molecule has 0 fully saturated rings. The fourth-order valence-electron chi connectivity index (χ4n) is 4.53. The van der Waals surface area contributed by atoms with Crippen molar-refractivity contribution in [3.8, 4) is 0 Å². The van der Waals surface area contributed by atoms with Gasteiger partial charge in [0.15, 0.2) is 5.78 Å². The summed E-state index contributed by atoms with van der Waals surface area (Å²) in [5.41, 5.74) is 6.62. The molecule has 0 aromatic heterocycles. The summed E-state index contributed by atoms with van der Waals surface area (Å²) < 4.78 is 101. The molecule has 43 heteroatoms. The van der Waals surface area contributed by atoms with E-state index in [0.717, 1.165) is 31.8 Å². The van der Waals surface area contributed by atoms with E-state index < -0.39 is 93.4 Å². The minimum atomic E-state index is -4.52. The number of aliphatic carboxylic acids is 2. The first-order chi connectivity index (χ1) is 51.3. The molecule has 0 aliphatic carbocycles. The lowest BCUT2D eigenvalue weighted by molar-refractivity contribution is -0.151. The van der Waals surface area contributed by atoms with E-state index in [0.29, 0.717) is 24.4 Å². The number of rotatable bonds is 39. The van der Waals surface area contributed by atoms with Gasteiger partial charge in [-0.2, -0.15) is 8.42 Å². The van der Waals surface area contributed by atoms with E-state index in [1.165, 1.54) is 63.3 Å². The minimum Gasteiger partial charge on any atom is -0.481 e. The molecule has 0 radical (unpaired) electrons. The van der Waals surface area contributed by atoms with Crippen LogP contribution in [0.2, 0.25) is 0 Å². The van der Waals surface area contributed by atoms with Crippen LogP contribution >= 0.6 is 23.5 Å². The number of phosphoric ester groups is 3. The highest BCUT2D eigenvalue weighted by Gasteiger charge is 2.20. The van der Waals surface area contributed by atoms with Crippen LogP contribution in [-0.4, -0.2) is 233 Å². The van der Waals surface area contributed by atoms with Crippen molar-refractivity contribution < 1.29 is 171 Å². The summed E-state index contributed by atoms with van der Waals surface area (Å²) >= 11 is 0. The fraction of sp³-hybridized carbons (Fsp3) is 0.420. The third-order valence-electron chi connectivity index (χ3n) is 9.77. The van der Waals surface area contributed by atoms with Gasteiger partial charge in [0.05, 0.1) is 37.9 Å². The number of hydrogen-bond acceptors (Lipinski definition) is 28. The van der Waals surface area contributed by atoms with Gasteiger partial charge in [-0.3, -0.25) is 46.9 Å². The van der Waals surface area contributed by atoms with Gasteiger partial charge in [0, 0.05) is 61.5 Å². The van der Waals surface area contributed by atoms with Gasteiger partial charge in [-0.25, -0.2) is 42.5 Å². The van der Waals surface area contributed by atoms with Gasteiger partial charge in [0.25, 0.3) is 10.1 Å². The Morgan fingerprint density at radius 2 is 0.866 bits per heavy atom. The predicted molar refractivity (Wildman–Crippen MR) is 413 cm³/mol. The lowest BCUT2D eigenvalue weighted by Crippen LogP contribution is -2.27. The highest BCUT2D eigenvalue weighted by Crippen LogP contribution is 2.37. The first kappa shape index (κ1) is 123. The van der Waals surface area contributed by atoms with Crippen LogP contribution in [0.25, 0.3) is 6.08 Å². The Morgan fingerprint density at radius 3 is 1.12 bits per heavy atom. The van der Waals surface area contributed by atoms with Crippen molar-refractivity contribution in [1.82, 2.24) is 9.80 Å². The molecule has 2 amide bonds. The lowest BCUT2D eigenvalue weighted by Gasteiger charge is -2.16. The third-order valence-corrected chi connectivity index (χ3v) is 11.9. The molecule has 0 saturated heterocycles. The van der Waals surface area contributed by atoms with Crippen LogP contribution in [0.1, 0.15) is 93.6 Å². The van der Waals surface area contributed by atoms with Gasteiger partial charge in [-0.05, 0) is 77.4 Å². The zero-order valence-corrected chi connectivity index (χ0v) is 68.4. The molecular formula is C69H112N3O36P3S. The quantitative estimate of drug-likeness (QED) is 0.00804. The summed E-state index contributed by atoms with van der Waals surface area (Å²) in [4.78, 5) is 178. The van der Waals surface area contributed by atoms with E-state index in [1.54, 1.807) is 14.1 Å². The number of ketones is 1. The number of allylic oxidation sites excluding steroid dienone is 1. The number of ether oxygens (including phenoxy) is 7. The number of amides is 2. The van der Waals surface area contributed by atoms with Gasteiger partial charge in [-0.15, -0.1) is 0 Å². The van der Waals surface area contributed by atoms with Crippen molar-refractivity contribution in [3.05, 3.63) is 166 Å². The summed E-state index contributed by atoms with van der Waals surface area (Å²) in [6.07, 6.45) is 6.85. The fourth-order valence-corrected chi connectivity index (χ4v) is 5.69. The van der Waals surface area contributed by atoms with Crippen molar-refractivity contribution in [2.75, 3.05) is 93.2 Å². The number of carbonyl (C=O) groups excluding carboxylic acids is 10. The monoisotopic (exact) mass is 1680 g/mol. The zero-order valence-electron chi connectivity index (χ0n) is 64.9. The molecule has 11 N–H and O–H groups in total. The van der Waals surface area contributed by atoms with Crippen LogP contribution in [0, 0.1) is 5.92 Å². The number of likely N-dealkylation sites (N-methyl/N-ethyl adjacent to an activating group) is 2. The van der Waals surface area contributed by atoms with Crippen LogP contribution in [-0.2, 0) is 128 Å².